The van der Waals surface area contributed by atoms with Gasteiger partial charge >= 0.3 is 6.03 Å². The molecule has 0 aromatic carbocycles. The maximum absolute atomic E-state index is 13.8. The Balaban J connectivity index is 0.00000144. The van der Waals surface area contributed by atoms with Crippen molar-refractivity contribution in [1.29, 1.82) is 0 Å². The monoisotopic (exact) mass is 533 g/mol. The molecule has 0 aliphatic carbocycles. The number of piperazine rings is 1. The van der Waals surface area contributed by atoms with Crippen LogP contribution >= 0.6 is 38.3 Å². The molecule has 2 atom stereocenters. The van der Waals surface area contributed by atoms with Crippen LogP contribution < -0.4 is 5.32 Å². The summed E-state index contributed by atoms with van der Waals surface area (Å²) < 4.78 is 1.04. The van der Waals surface area contributed by atoms with Gasteiger partial charge in [0, 0.05) is 30.7 Å². The Morgan fingerprint density at radius 2 is 2.03 bits per heavy atom. The molecule has 6 heterocycles. The molecule has 0 saturated carbocycles. The van der Waals surface area contributed by atoms with Gasteiger partial charge in [-0.05, 0) is 63.6 Å². The molecule has 0 radical (unpaired) electrons. The summed E-state index contributed by atoms with van der Waals surface area (Å²) in [6, 6.07) is 0.913. The summed E-state index contributed by atoms with van der Waals surface area (Å²) in [4.78, 5) is 34.3. The van der Waals surface area contributed by atoms with E-state index >= 15 is 0 Å². The van der Waals surface area contributed by atoms with Crippen LogP contribution in [0, 0.1) is 6.92 Å². The molecule has 190 valence electrons. The maximum Gasteiger partial charge on any atom is 0.321 e. The maximum atomic E-state index is 13.8. The van der Waals surface area contributed by atoms with Crippen molar-refractivity contribution in [2.45, 2.75) is 58.2 Å². The van der Waals surface area contributed by atoms with Crippen LogP contribution in [0.15, 0.2) is 27.8 Å². The van der Waals surface area contributed by atoms with Gasteiger partial charge in [0.2, 0.25) is 0 Å². The number of nitrogens with zero attached hydrogens (tertiary/aromatic N) is 6. The quantitative estimate of drug-likeness (QED) is 0.605. The van der Waals surface area contributed by atoms with Crippen LogP contribution in [0.5, 0.6) is 0 Å². The molecule has 8 nitrogen and oxygen atoms in total. The fourth-order valence-corrected chi connectivity index (χ4v) is 6.89. The Morgan fingerprint density at radius 1 is 1.23 bits per heavy atom. The minimum atomic E-state index is -0.355. The SMILES string of the molecule is Cc1csc2c(NC3=NCC4=C3CN(C(=O)N3C[C@@H]5CCCN5C[C@@H]3C)C4(C)C)ncnc12.S.S. The Bertz CT molecular complexity index is 1210. The van der Waals surface area contributed by atoms with E-state index in [1.54, 1.807) is 17.7 Å². The van der Waals surface area contributed by atoms with E-state index in [-0.39, 0.29) is 44.6 Å². The molecule has 2 aromatic heterocycles. The van der Waals surface area contributed by atoms with Gasteiger partial charge in [0.25, 0.3) is 0 Å². The van der Waals surface area contributed by atoms with Crippen LogP contribution in [0.25, 0.3) is 10.2 Å². The summed E-state index contributed by atoms with van der Waals surface area (Å²) in [6.07, 6.45) is 4.05. The van der Waals surface area contributed by atoms with E-state index in [0.29, 0.717) is 19.1 Å². The molecule has 4 aliphatic rings. The predicted molar refractivity (Wildman–Crippen MR) is 153 cm³/mol. The number of carbonyl (C=O) groups excluding carboxylic acids is 1. The van der Waals surface area contributed by atoms with Gasteiger partial charge in [-0.2, -0.15) is 27.0 Å². The highest BCUT2D eigenvalue weighted by molar-refractivity contribution is 7.59. The fourth-order valence-electron chi connectivity index (χ4n) is 5.94. The average Bonchev–Trinajstić information content (AvgIpc) is 3.54. The molecular weight excluding hydrogens is 499 g/mol. The number of hydrogen-bond donors (Lipinski definition) is 1. The smallest absolute Gasteiger partial charge is 0.321 e. The van der Waals surface area contributed by atoms with Crippen molar-refractivity contribution in [3.63, 3.8) is 0 Å². The number of hydrogen-bond acceptors (Lipinski definition) is 7. The Hall–Kier alpha value is -1.82. The zero-order valence-electron chi connectivity index (χ0n) is 20.8. The van der Waals surface area contributed by atoms with Crippen LogP contribution in [0.1, 0.15) is 39.2 Å². The standard InChI is InChI=1S/C24H31N7OS.2H2S/c1-14-12-33-20-19(14)26-13-27-22(20)28-21-17-11-31(24(3,4)18(17)8-25-21)23(32)30-10-16-6-5-7-29(16)9-15(30)2;;/h12-13,15-16H,5-11H2,1-4H3,(H,25,26,27,28);2*1H2/t15-,16-;;/m0../s1. The second-order valence-electron chi connectivity index (χ2n) is 10.3. The topological polar surface area (TPSA) is 77.0 Å². The van der Waals surface area contributed by atoms with E-state index in [2.05, 4.69) is 63.1 Å². The van der Waals surface area contributed by atoms with Gasteiger partial charge in [-0.25, -0.2) is 14.8 Å². The van der Waals surface area contributed by atoms with Gasteiger partial charge in [-0.15, -0.1) is 11.3 Å². The predicted octanol–water partition coefficient (Wildman–Crippen LogP) is 3.73. The molecule has 11 heteroatoms. The van der Waals surface area contributed by atoms with E-state index in [0.717, 1.165) is 46.1 Å². The van der Waals surface area contributed by atoms with Crippen LogP contribution in [0.3, 0.4) is 0 Å². The minimum Gasteiger partial charge on any atom is -0.324 e. The first-order valence-corrected chi connectivity index (χ1v) is 12.8. The number of nitrogens with one attached hydrogen (secondary N) is 1. The number of thiophene rings is 1. The largest absolute Gasteiger partial charge is 0.324 e. The third-order valence-corrected chi connectivity index (χ3v) is 9.05. The summed E-state index contributed by atoms with van der Waals surface area (Å²) in [7, 11) is 0. The van der Waals surface area contributed by atoms with Gasteiger partial charge < -0.3 is 15.1 Å². The van der Waals surface area contributed by atoms with Gasteiger partial charge in [-0.3, -0.25) is 9.89 Å². The number of amidine groups is 1. The molecule has 0 bridgehead atoms. The van der Waals surface area contributed by atoms with Gasteiger partial charge in [0.05, 0.1) is 28.8 Å². The summed E-state index contributed by atoms with van der Waals surface area (Å²) in [5.74, 6) is 1.63. The third-order valence-electron chi connectivity index (χ3n) is 7.96. The number of carbonyl (C=O) groups is 1. The highest BCUT2D eigenvalue weighted by atomic mass is 32.1. The lowest BCUT2D eigenvalue weighted by Crippen LogP contribution is -2.61. The molecule has 0 spiro atoms. The van der Waals surface area contributed by atoms with Crippen molar-refractivity contribution in [1.82, 2.24) is 24.7 Å². The van der Waals surface area contributed by atoms with Crippen molar-refractivity contribution in [3.05, 3.63) is 28.4 Å². The first kappa shape index (κ1) is 26.2. The summed E-state index contributed by atoms with van der Waals surface area (Å²) in [5.41, 5.74) is 4.16. The van der Waals surface area contributed by atoms with Crippen molar-refractivity contribution < 1.29 is 4.79 Å². The first-order valence-electron chi connectivity index (χ1n) is 11.9. The normalized spacial score (nSPS) is 25.2. The summed E-state index contributed by atoms with van der Waals surface area (Å²) in [5, 5.41) is 5.58. The number of anilines is 1. The number of aryl methyl sites for hydroxylation is 1. The zero-order valence-corrected chi connectivity index (χ0v) is 23.6. The number of urea groups is 1. The van der Waals surface area contributed by atoms with E-state index in [1.807, 2.05) is 0 Å². The van der Waals surface area contributed by atoms with Crippen LogP contribution in [-0.4, -0.2) is 86.9 Å². The van der Waals surface area contributed by atoms with Gasteiger partial charge in [-0.1, -0.05) is 0 Å². The van der Waals surface area contributed by atoms with E-state index in [1.165, 1.54) is 25.0 Å². The van der Waals surface area contributed by atoms with Crippen LogP contribution in [-0.2, 0) is 0 Å². The minimum absolute atomic E-state index is 0. The van der Waals surface area contributed by atoms with Crippen LogP contribution in [0.2, 0.25) is 0 Å². The lowest BCUT2D eigenvalue weighted by Gasteiger charge is -2.46. The van der Waals surface area contributed by atoms with Crippen LogP contribution in [0.4, 0.5) is 10.6 Å². The van der Waals surface area contributed by atoms with E-state index in [9.17, 15) is 4.79 Å². The second kappa shape index (κ2) is 9.57. The second-order valence-corrected chi connectivity index (χ2v) is 11.2. The molecule has 4 aliphatic heterocycles. The molecular formula is C24H35N7OS3. The third kappa shape index (κ3) is 4.14. The van der Waals surface area contributed by atoms with Gasteiger partial charge in [0.15, 0.2) is 5.82 Å². The number of amides is 2. The molecule has 2 amide bonds. The van der Waals surface area contributed by atoms with E-state index in [4.69, 9.17) is 4.99 Å². The Kier molecular flexibility index (Phi) is 7.18. The van der Waals surface area contributed by atoms with Crippen molar-refractivity contribution >= 4 is 66.2 Å². The molecule has 2 saturated heterocycles. The summed E-state index contributed by atoms with van der Waals surface area (Å²) in [6.45, 7) is 12.8. The molecule has 2 aromatic rings. The Morgan fingerprint density at radius 3 is 2.83 bits per heavy atom. The van der Waals surface area contributed by atoms with E-state index < -0.39 is 0 Å². The fraction of sp³-hybridized carbons (Fsp3) is 0.583. The first-order chi connectivity index (χ1) is 15.8. The van der Waals surface area contributed by atoms with Crippen molar-refractivity contribution in [2.75, 3.05) is 38.0 Å². The molecule has 0 unspecified atom stereocenters. The average molecular weight is 534 g/mol. The highest BCUT2D eigenvalue weighted by Gasteiger charge is 2.48. The zero-order chi connectivity index (χ0) is 22.9. The highest BCUT2D eigenvalue weighted by Crippen LogP contribution is 2.40. The van der Waals surface area contributed by atoms with Crippen molar-refractivity contribution in [2.24, 2.45) is 4.99 Å². The number of rotatable bonds is 1. The molecule has 1 N–H and O–H groups in total. The molecule has 2 fully saturated rings. The van der Waals surface area contributed by atoms with Crippen molar-refractivity contribution in [3.8, 4) is 0 Å². The number of fused-ring (bicyclic) bond motifs is 2. The molecule has 35 heavy (non-hydrogen) atoms. The Labute approximate surface area is 224 Å². The lowest BCUT2D eigenvalue weighted by molar-refractivity contribution is 0.0549. The summed E-state index contributed by atoms with van der Waals surface area (Å²) >= 11 is 1.65. The van der Waals surface area contributed by atoms with Gasteiger partial charge in [0.1, 0.15) is 12.2 Å². The lowest BCUT2D eigenvalue weighted by atomic mass is 9.94. The number of aromatic nitrogens is 2. The number of aliphatic imine (C=N–C) groups is 1. The molecule has 6 rings (SSSR count).